The number of nitrogen functional groups attached to an aromatic ring is 1. The van der Waals surface area contributed by atoms with Crippen LogP contribution in [0.25, 0.3) is 0 Å². The van der Waals surface area contributed by atoms with Crippen molar-refractivity contribution in [2.45, 2.75) is 13.0 Å². The lowest BCUT2D eigenvalue weighted by atomic mass is 10.00. The molecule has 0 unspecified atom stereocenters. The summed E-state index contributed by atoms with van der Waals surface area (Å²) in [5.41, 5.74) is 12.3. The van der Waals surface area contributed by atoms with Crippen LogP contribution in [0.4, 0.5) is 5.69 Å². The van der Waals surface area contributed by atoms with Gasteiger partial charge in [-0.1, -0.05) is 6.07 Å². The minimum atomic E-state index is -1.02. The highest BCUT2D eigenvalue weighted by atomic mass is 16.5. The molecule has 15 heavy (non-hydrogen) atoms. The fourth-order valence-corrected chi connectivity index (χ4v) is 1.36. The molecule has 82 valence electrons. The molecule has 0 saturated heterocycles. The monoisotopic (exact) mass is 210 g/mol. The number of nitrogens with two attached hydrogens (primary N) is 2. The predicted octanol–water partition coefficient (Wildman–Crippen LogP) is 0.456. The van der Waals surface area contributed by atoms with Gasteiger partial charge in [-0.3, -0.25) is 4.79 Å². The van der Waals surface area contributed by atoms with Crippen LogP contribution in [0.1, 0.15) is 17.2 Å². The third-order valence-electron chi connectivity index (χ3n) is 2.23. The number of aromatic hydroxyl groups is 1. The summed E-state index contributed by atoms with van der Waals surface area (Å²) >= 11 is 0. The molecule has 5 heteroatoms. The first kappa shape index (κ1) is 11.3. The van der Waals surface area contributed by atoms with E-state index in [0.29, 0.717) is 11.1 Å². The van der Waals surface area contributed by atoms with Gasteiger partial charge in [0.05, 0.1) is 12.8 Å². The fraction of sp³-hybridized carbons (Fsp3) is 0.300. The van der Waals surface area contributed by atoms with Crippen LogP contribution >= 0.6 is 0 Å². The Morgan fingerprint density at radius 2 is 2.13 bits per heavy atom. The number of phenolic OH excluding ortho intramolecular Hbond substituents is 1. The smallest absolute Gasteiger partial charge is 0.327 e. The minimum absolute atomic E-state index is 0.159. The molecule has 0 amide bonds. The zero-order chi connectivity index (χ0) is 11.6. The summed E-state index contributed by atoms with van der Waals surface area (Å²) < 4.78 is 4.50. The fourth-order valence-electron chi connectivity index (χ4n) is 1.36. The van der Waals surface area contributed by atoms with Crippen molar-refractivity contribution in [3.63, 3.8) is 0 Å². The molecule has 1 rings (SSSR count). The van der Waals surface area contributed by atoms with E-state index in [1.807, 2.05) is 0 Å². The van der Waals surface area contributed by atoms with Gasteiger partial charge >= 0.3 is 5.97 Å². The quantitative estimate of drug-likeness (QED) is 0.374. The van der Waals surface area contributed by atoms with E-state index in [1.54, 1.807) is 19.1 Å². The van der Waals surface area contributed by atoms with Gasteiger partial charge < -0.3 is 21.3 Å². The lowest BCUT2D eigenvalue weighted by molar-refractivity contribution is -0.142. The number of hydrogen-bond donors (Lipinski definition) is 3. The Kier molecular flexibility index (Phi) is 3.16. The number of esters is 1. The normalized spacial score (nSPS) is 12.2. The van der Waals surface area contributed by atoms with Gasteiger partial charge in [0.2, 0.25) is 0 Å². The van der Waals surface area contributed by atoms with Crippen LogP contribution in [0.3, 0.4) is 0 Å². The van der Waals surface area contributed by atoms with E-state index in [4.69, 9.17) is 11.5 Å². The Bertz CT molecular complexity index is 390. The highest BCUT2D eigenvalue weighted by molar-refractivity contribution is 5.80. The molecule has 0 aliphatic heterocycles. The Morgan fingerprint density at radius 3 is 2.67 bits per heavy atom. The van der Waals surface area contributed by atoms with Crippen LogP contribution in [-0.2, 0) is 9.53 Å². The number of rotatable bonds is 2. The maximum absolute atomic E-state index is 11.2. The lowest BCUT2D eigenvalue weighted by Gasteiger charge is -2.15. The molecule has 0 radical (unpaired) electrons. The molecule has 1 aromatic rings. The molecule has 0 aromatic heterocycles. The molecular weight excluding hydrogens is 196 g/mol. The van der Waals surface area contributed by atoms with E-state index in [-0.39, 0.29) is 11.4 Å². The maximum atomic E-state index is 11.2. The number of aryl methyl sites for hydroxylation is 1. The van der Waals surface area contributed by atoms with Gasteiger partial charge in [0.1, 0.15) is 11.8 Å². The van der Waals surface area contributed by atoms with Gasteiger partial charge in [-0.15, -0.1) is 0 Å². The number of carbonyl (C=O) groups excluding carboxylic acids is 1. The zero-order valence-corrected chi connectivity index (χ0v) is 8.65. The Morgan fingerprint density at radius 1 is 1.53 bits per heavy atom. The minimum Gasteiger partial charge on any atom is -0.505 e. The van der Waals surface area contributed by atoms with E-state index >= 15 is 0 Å². The van der Waals surface area contributed by atoms with Gasteiger partial charge in [0, 0.05) is 5.56 Å². The van der Waals surface area contributed by atoms with Gasteiger partial charge in [-0.25, -0.2) is 0 Å². The van der Waals surface area contributed by atoms with Crippen LogP contribution in [0.2, 0.25) is 0 Å². The Hall–Kier alpha value is -1.75. The second kappa shape index (κ2) is 4.18. The van der Waals surface area contributed by atoms with E-state index in [1.165, 1.54) is 7.11 Å². The standard InChI is InChI=1S/C10H14N2O3/c1-5-3-4-6(11)9(13)7(5)8(12)10(14)15-2/h3-4,8,13H,11-12H2,1-2H3/t8-/m1/s1. The van der Waals surface area contributed by atoms with Crippen LogP contribution < -0.4 is 11.5 Å². The molecule has 0 bridgehead atoms. The molecule has 0 saturated carbocycles. The highest BCUT2D eigenvalue weighted by Crippen LogP contribution is 2.32. The van der Waals surface area contributed by atoms with Gasteiger partial charge in [0.25, 0.3) is 0 Å². The molecular formula is C10H14N2O3. The van der Waals surface area contributed by atoms with Crippen LogP contribution in [-0.4, -0.2) is 18.2 Å². The van der Waals surface area contributed by atoms with E-state index in [9.17, 15) is 9.90 Å². The number of benzene rings is 1. The third kappa shape index (κ3) is 2.02. The summed E-state index contributed by atoms with van der Waals surface area (Å²) in [6, 6.07) is 2.23. The summed E-state index contributed by atoms with van der Waals surface area (Å²) in [5.74, 6) is -0.771. The van der Waals surface area contributed by atoms with Crippen molar-refractivity contribution in [2.24, 2.45) is 5.73 Å². The molecule has 0 spiro atoms. The summed E-state index contributed by atoms with van der Waals surface area (Å²) in [4.78, 5) is 11.2. The molecule has 0 aliphatic carbocycles. The molecule has 0 aliphatic rings. The summed E-state index contributed by atoms with van der Waals surface area (Å²) in [6.45, 7) is 1.73. The van der Waals surface area contributed by atoms with Crippen LogP contribution in [0, 0.1) is 6.92 Å². The second-order valence-corrected chi connectivity index (χ2v) is 3.23. The molecule has 0 heterocycles. The highest BCUT2D eigenvalue weighted by Gasteiger charge is 2.22. The summed E-state index contributed by atoms with van der Waals surface area (Å²) in [5, 5.41) is 9.68. The SMILES string of the molecule is COC(=O)[C@H](N)c1c(C)ccc(N)c1O. The molecule has 5 N–H and O–H groups in total. The maximum Gasteiger partial charge on any atom is 0.327 e. The van der Waals surface area contributed by atoms with Crippen molar-refractivity contribution in [1.82, 2.24) is 0 Å². The first-order valence-electron chi connectivity index (χ1n) is 4.40. The first-order chi connectivity index (χ1) is 6.99. The molecule has 1 atom stereocenters. The van der Waals surface area contributed by atoms with Crippen molar-refractivity contribution in [1.29, 1.82) is 0 Å². The number of carbonyl (C=O) groups is 1. The van der Waals surface area contributed by atoms with Crippen molar-refractivity contribution in [3.8, 4) is 5.75 Å². The Balaban J connectivity index is 3.24. The molecule has 1 aromatic carbocycles. The number of phenols is 1. The van der Waals surface area contributed by atoms with Crippen molar-refractivity contribution < 1.29 is 14.6 Å². The average molecular weight is 210 g/mol. The van der Waals surface area contributed by atoms with E-state index in [2.05, 4.69) is 4.74 Å². The van der Waals surface area contributed by atoms with Crippen molar-refractivity contribution >= 4 is 11.7 Å². The molecule has 0 fully saturated rings. The first-order valence-corrected chi connectivity index (χ1v) is 4.40. The number of methoxy groups -OCH3 is 1. The third-order valence-corrected chi connectivity index (χ3v) is 2.23. The number of ether oxygens (including phenoxy) is 1. The van der Waals surface area contributed by atoms with Crippen LogP contribution in [0.15, 0.2) is 12.1 Å². The lowest BCUT2D eigenvalue weighted by Crippen LogP contribution is -2.23. The van der Waals surface area contributed by atoms with Crippen molar-refractivity contribution in [2.75, 3.05) is 12.8 Å². The van der Waals surface area contributed by atoms with E-state index < -0.39 is 12.0 Å². The Labute approximate surface area is 87.6 Å². The van der Waals surface area contributed by atoms with Gasteiger partial charge in [0.15, 0.2) is 0 Å². The number of anilines is 1. The average Bonchev–Trinajstić information content (AvgIpc) is 2.22. The van der Waals surface area contributed by atoms with Gasteiger partial charge in [-0.2, -0.15) is 0 Å². The van der Waals surface area contributed by atoms with Crippen molar-refractivity contribution in [3.05, 3.63) is 23.3 Å². The second-order valence-electron chi connectivity index (χ2n) is 3.23. The topological polar surface area (TPSA) is 98.6 Å². The zero-order valence-electron chi connectivity index (χ0n) is 8.65. The van der Waals surface area contributed by atoms with Gasteiger partial charge in [-0.05, 0) is 18.6 Å². The largest absolute Gasteiger partial charge is 0.505 e. The summed E-state index contributed by atoms with van der Waals surface area (Å²) in [7, 11) is 1.24. The van der Waals surface area contributed by atoms with E-state index in [0.717, 1.165) is 0 Å². The summed E-state index contributed by atoms with van der Waals surface area (Å²) in [6.07, 6.45) is 0. The molecule has 5 nitrogen and oxygen atoms in total. The van der Waals surface area contributed by atoms with Crippen LogP contribution in [0.5, 0.6) is 5.75 Å². The predicted molar refractivity (Wildman–Crippen MR) is 56.2 cm³/mol. The number of hydrogen-bond acceptors (Lipinski definition) is 5.